The number of benzene rings is 1. The summed E-state index contributed by atoms with van der Waals surface area (Å²) in [7, 11) is -3.33. The molecule has 0 spiro atoms. The quantitative estimate of drug-likeness (QED) is 0.624. The van der Waals surface area contributed by atoms with E-state index in [-0.39, 0.29) is 23.8 Å². The number of rotatable bonds is 7. The molecule has 0 aliphatic heterocycles. The monoisotopic (exact) mass is 457 g/mol. The summed E-state index contributed by atoms with van der Waals surface area (Å²) >= 11 is 0. The van der Waals surface area contributed by atoms with Crippen molar-refractivity contribution < 1.29 is 17.6 Å². The zero-order chi connectivity index (χ0) is 22.7. The minimum atomic E-state index is -3.33. The van der Waals surface area contributed by atoms with E-state index in [1.54, 1.807) is 12.3 Å². The van der Waals surface area contributed by atoms with Crippen molar-refractivity contribution >= 4 is 22.5 Å². The molecular formula is C24H28FN3O3S. The van der Waals surface area contributed by atoms with E-state index in [2.05, 4.69) is 21.1 Å². The third-order valence-electron chi connectivity index (χ3n) is 6.66. The van der Waals surface area contributed by atoms with Crippen LogP contribution in [0.2, 0.25) is 0 Å². The van der Waals surface area contributed by atoms with Crippen LogP contribution in [0.5, 0.6) is 0 Å². The van der Waals surface area contributed by atoms with E-state index < -0.39 is 10.0 Å². The van der Waals surface area contributed by atoms with Gasteiger partial charge in [0.25, 0.3) is 0 Å². The Balaban J connectivity index is 1.51. The molecule has 2 saturated carbocycles. The third kappa shape index (κ3) is 5.42. The van der Waals surface area contributed by atoms with Crippen LogP contribution < -0.4 is 10.0 Å². The van der Waals surface area contributed by atoms with Crippen LogP contribution in [-0.2, 0) is 14.8 Å². The highest BCUT2D eigenvalue weighted by Gasteiger charge is 2.45. The molecule has 1 aromatic carbocycles. The number of hydrogen-bond donors (Lipinski definition) is 2. The molecule has 1 amide bonds. The number of carbonyl (C=O) groups excluding carboxylic acids is 1. The molecule has 5 atom stereocenters. The number of amides is 1. The highest BCUT2D eigenvalue weighted by atomic mass is 32.2. The minimum absolute atomic E-state index is 0.0663. The first-order chi connectivity index (χ1) is 15.3. The standard InChI is InChI=1S/C24H28FN3O3S/c1-32(30,31)28-24-13-18-12-21(27-15-29)8-9-22(18)23(24)10-7-20-6-5-17(14-26-20)16-3-2-4-19(25)11-16/h2-7,10-11,14-15,18,21-24,28H,8-9,12-13H2,1H3,(H,27,29)/b10-7+/t18-,21?,22-,23+,24+/m1/s1. The van der Waals surface area contributed by atoms with E-state index in [1.165, 1.54) is 18.4 Å². The van der Waals surface area contributed by atoms with Crippen LogP contribution in [-0.4, -0.2) is 38.2 Å². The van der Waals surface area contributed by atoms with Crippen LogP contribution in [0, 0.1) is 23.6 Å². The van der Waals surface area contributed by atoms with Crippen LogP contribution in [0.1, 0.15) is 31.4 Å². The van der Waals surface area contributed by atoms with Crippen LogP contribution in [0.15, 0.2) is 48.7 Å². The summed E-state index contributed by atoms with van der Waals surface area (Å²) in [6, 6.07) is 10.2. The fraction of sp³-hybridized carbons (Fsp3) is 0.417. The maximum Gasteiger partial charge on any atom is 0.208 e. The van der Waals surface area contributed by atoms with Crippen LogP contribution in [0.4, 0.5) is 4.39 Å². The summed E-state index contributed by atoms with van der Waals surface area (Å²) in [5.41, 5.74) is 2.37. The second-order valence-corrected chi connectivity index (χ2v) is 10.6. The van der Waals surface area contributed by atoms with E-state index in [4.69, 9.17) is 0 Å². The van der Waals surface area contributed by atoms with Gasteiger partial charge in [-0.2, -0.15) is 0 Å². The van der Waals surface area contributed by atoms with Crippen molar-refractivity contribution in [3.63, 3.8) is 0 Å². The molecule has 2 N–H and O–H groups in total. The van der Waals surface area contributed by atoms with Gasteiger partial charge in [-0.25, -0.2) is 17.5 Å². The Bertz CT molecular complexity index is 1090. The summed E-state index contributed by atoms with van der Waals surface area (Å²) in [4.78, 5) is 15.3. The van der Waals surface area contributed by atoms with Crippen molar-refractivity contribution in [1.29, 1.82) is 0 Å². The zero-order valence-corrected chi connectivity index (χ0v) is 18.8. The number of fused-ring (bicyclic) bond motifs is 1. The Labute approximate surface area is 188 Å². The predicted octanol–water partition coefficient (Wildman–Crippen LogP) is 3.37. The summed E-state index contributed by atoms with van der Waals surface area (Å²) in [6.07, 6.45) is 11.2. The van der Waals surface area contributed by atoms with Crippen LogP contribution in [0.25, 0.3) is 17.2 Å². The normalized spacial score (nSPS) is 27.9. The van der Waals surface area contributed by atoms with Crippen molar-refractivity contribution in [3.05, 3.63) is 60.2 Å². The highest BCUT2D eigenvalue weighted by molar-refractivity contribution is 7.88. The maximum absolute atomic E-state index is 13.5. The average Bonchev–Trinajstić information content (AvgIpc) is 3.07. The number of nitrogens with one attached hydrogen (secondary N) is 2. The smallest absolute Gasteiger partial charge is 0.208 e. The molecule has 2 aromatic rings. The molecule has 2 fully saturated rings. The molecule has 4 rings (SSSR count). The van der Waals surface area contributed by atoms with Gasteiger partial charge in [0.1, 0.15) is 5.82 Å². The van der Waals surface area contributed by atoms with Crippen molar-refractivity contribution in [2.45, 2.75) is 37.8 Å². The van der Waals surface area contributed by atoms with Crippen molar-refractivity contribution in [3.8, 4) is 11.1 Å². The molecule has 1 aromatic heterocycles. The van der Waals surface area contributed by atoms with Gasteiger partial charge in [-0.3, -0.25) is 9.78 Å². The Morgan fingerprint density at radius 3 is 2.66 bits per heavy atom. The van der Waals surface area contributed by atoms with Gasteiger partial charge in [0.15, 0.2) is 0 Å². The molecule has 170 valence electrons. The molecule has 2 aliphatic rings. The van der Waals surface area contributed by atoms with Gasteiger partial charge in [0.2, 0.25) is 16.4 Å². The Morgan fingerprint density at radius 1 is 1.12 bits per heavy atom. The zero-order valence-electron chi connectivity index (χ0n) is 17.9. The summed E-state index contributed by atoms with van der Waals surface area (Å²) < 4.78 is 40.2. The van der Waals surface area contributed by atoms with Gasteiger partial charge in [-0.15, -0.1) is 0 Å². The SMILES string of the molecule is CS(=O)(=O)N[C@H]1C[C@H]2CC(NC=O)CC[C@H]2[C@@H]1/C=C/c1ccc(-c2cccc(F)c2)cn1. The predicted molar refractivity (Wildman–Crippen MR) is 122 cm³/mol. The van der Waals surface area contributed by atoms with Crippen LogP contribution in [0.3, 0.4) is 0 Å². The molecule has 1 heterocycles. The number of pyridine rings is 1. The van der Waals surface area contributed by atoms with E-state index in [0.29, 0.717) is 11.8 Å². The Kier molecular flexibility index (Phi) is 6.71. The van der Waals surface area contributed by atoms with E-state index in [1.807, 2.05) is 24.3 Å². The molecule has 2 aliphatic carbocycles. The maximum atomic E-state index is 13.5. The first kappa shape index (κ1) is 22.6. The van der Waals surface area contributed by atoms with Gasteiger partial charge in [-0.05, 0) is 73.3 Å². The van der Waals surface area contributed by atoms with Crippen molar-refractivity contribution in [2.24, 2.45) is 17.8 Å². The molecule has 1 unspecified atom stereocenters. The van der Waals surface area contributed by atoms with Gasteiger partial charge in [0.05, 0.1) is 11.9 Å². The molecule has 0 radical (unpaired) electrons. The largest absolute Gasteiger partial charge is 0.356 e. The topological polar surface area (TPSA) is 88.2 Å². The summed E-state index contributed by atoms with van der Waals surface area (Å²) in [6.45, 7) is 0. The fourth-order valence-electron chi connectivity index (χ4n) is 5.33. The molecule has 8 heteroatoms. The lowest BCUT2D eigenvalue weighted by Crippen LogP contribution is -2.38. The van der Waals surface area contributed by atoms with Gasteiger partial charge in [0, 0.05) is 23.8 Å². The number of hydrogen-bond acceptors (Lipinski definition) is 4. The van der Waals surface area contributed by atoms with E-state index >= 15 is 0 Å². The minimum Gasteiger partial charge on any atom is -0.356 e. The lowest BCUT2D eigenvalue weighted by atomic mass is 9.76. The number of aromatic nitrogens is 1. The highest BCUT2D eigenvalue weighted by Crippen LogP contribution is 2.47. The van der Waals surface area contributed by atoms with Gasteiger partial charge in [-0.1, -0.05) is 24.3 Å². The second kappa shape index (κ2) is 9.50. The Hall–Kier alpha value is -2.58. The van der Waals surface area contributed by atoms with Gasteiger partial charge >= 0.3 is 0 Å². The fourth-order valence-corrected chi connectivity index (χ4v) is 6.13. The first-order valence-corrected chi connectivity index (χ1v) is 12.8. The third-order valence-corrected chi connectivity index (χ3v) is 7.39. The number of nitrogens with zero attached hydrogens (tertiary/aromatic N) is 1. The molecule has 6 nitrogen and oxygen atoms in total. The molecular weight excluding hydrogens is 429 g/mol. The molecule has 32 heavy (non-hydrogen) atoms. The Morgan fingerprint density at radius 2 is 1.97 bits per heavy atom. The van der Waals surface area contributed by atoms with E-state index in [9.17, 15) is 17.6 Å². The average molecular weight is 458 g/mol. The number of sulfonamides is 1. The lowest BCUT2D eigenvalue weighted by molar-refractivity contribution is -0.110. The molecule has 0 saturated heterocycles. The van der Waals surface area contributed by atoms with Gasteiger partial charge < -0.3 is 5.32 Å². The van der Waals surface area contributed by atoms with E-state index in [0.717, 1.165) is 48.9 Å². The summed E-state index contributed by atoms with van der Waals surface area (Å²) in [5, 5.41) is 2.88. The number of halogens is 1. The lowest BCUT2D eigenvalue weighted by Gasteiger charge is -2.33. The van der Waals surface area contributed by atoms with Crippen molar-refractivity contribution in [2.75, 3.05) is 6.26 Å². The number of carbonyl (C=O) groups is 1. The van der Waals surface area contributed by atoms with Crippen LogP contribution >= 0.6 is 0 Å². The molecule has 0 bridgehead atoms. The summed E-state index contributed by atoms with van der Waals surface area (Å²) in [5.74, 6) is 0.501. The second-order valence-electron chi connectivity index (χ2n) is 8.87. The van der Waals surface area contributed by atoms with Crippen molar-refractivity contribution in [1.82, 2.24) is 15.0 Å². The first-order valence-electron chi connectivity index (χ1n) is 10.9.